The number of imide groups is 1. The molecule has 0 aromatic heterocycles. The molecule has 1 heterocycles. The van der Waals surface area contributed by atoms with Crippen molar-refractivity contribution < 1.29 is 14.0 Å². The normalized spacial score (nSPS) is 15.7. The number of urea groups is 1. The Bertz CT molecular complexity index is 434. The van der Waals surface area contributed by atoms with E-state index in [4.69, 9.17) is 0 Å². The molecule has 0 bridgehead atoms. The van der Waals surface area contributed by atoms with Crippen LogP contribution in [0.4, 0.5) is 14.9 Å². The Morgan fingerprint density at radius 3 is 2.67 bits per heavy atom. The van der Waals surface area contributed by atoms with Gasteiger partial charge >= 0.3 is 6.03 Å². The highest BCUT2D eigenvalue weighted by molar-refractivity contribution is 9.10. The number of carbonyl (C=O) groups excluding carboxylic acids is 2. The predicted octanol–water partition coefficient (Wildman–Crippen LogP) is 1.64. The molecule has 1 aromatic carbocycles. The smallest absolute Gasteiger partial charge is 0.328 e. The molecule has 0 spiro atoms. The molecule has 0 radical (unpaired) electrons. The van der Waals surface area contributed by atoms with Gasteiger partial charge in [-0.15, -0.1) is 0 Å². The van der Waals surface area contributed by atoms with Crippen LogP contribution in [0, 0.1) is 5.82 Å². The van der Waals surface area contributed by atoms with E-state index in [1.807, 2.05) is 0 Å². The van der Waals surface area contributed by atoms with Gasteiger partial charge in [-0.05, 0) is 34.1 Å². The number of anilines is 1. The van der Waals surface area contributed by atoms with Crippen molar-refractivity contribution in [3.63, 3.8) is 0 Å². The van der Waals surface area contributed by atoms with Gasteiger partial charge in [-0.25, -0.2) is 14.1 Å². The van der Waals surface area contributed by atoms with Crippen LogP contribution in [-0.2, 0) is 4.79 Å². The van der Waals surface area contributed by atoms with E-state index in [0.717, 1.165) is 4.90 Å². The van der Waals surface area contributed by atoms with Crippen LogP contribution in [0.25, 0.3) is 0 Å². The second-order valence-electron chi connectivity index (χ2n) is 2.99. The quantitative estimate of drug-likeness (QED) is 0.791. The molecule has 1 fully saturated rings. The monoisotopic (exact) mass is 272 g/mol. The zero-order valence-corrected chi connectivity index (χ0v) is 9.04. The third-order valence-electron chi connectivity index (χ3n) is 2.00. The Labute approximate surface area is 93.2 Å². The summed E-state index contributed by atoms with van der Waals surface area (Å²) in [5, 5.41) is 2.38. The largest absolute Gasteiger partial charge is 0.329 e. The summed E-state index contributed by atoms with van der Waals surface area (Å²) in [7, 11) is 0. The third kappa shape index (κ3) is 1.72. The molecule has 6 heteroatoms. The summed E-state index contributed by atoms with van der Waals surface area (Å²) in [4.78, 5) is 23.6. The minimum atomic E-state index is -0.487. The van der Waals surface area contributed by atoms with Crippen molar-refractivity contribution >= 4 is 33.6 Å². The van der Waals surface area contributed by atoms with E-state index in [9.17, 15) is 14.0 Å². The summed E-state index contributed by atoms with van der Waals surface area (Å²) in [6, 6.07) is 3.47. The molecule has 0 unspecified atom stereocenters. The SMILES string of the molecule is O=C1CNC(=O)N1c1ccc(F)c(Br)c1. The highest BCUT2D eigenvalue weighted by Gasteiger charge is 2.30. The Kier molecular flexibility index (Phi) is 2.44. The van der Waals surface area contributed by atoms with Crippen LogP contribution in [0.3, 0.4) is 0 Å². The number of nitrogens with one attached hydrogen (secondary N) is 1. The first-order valence-electron chi connectivity index (χ1n) is 4.15. The molecule has 4 nitrogen and oxygen atoms in total. The number of nitrogens with zero attached hydrogens (tertiary/aromatic N) is 1. The van der Waals surface area contributed by atoms with Crippen molar-refractivity contribution in [1.82, 2.24) is 5.32 Å². The van der Waals surface area contributed by atoms with Crippen LogP contribution in [0.15, 0.2) is 22.7 Å². The average Bonchev–Trinajstić information content (AvgIpc) is 2.52. The van der Waals surface area contributed by atoms with Crippen LogP contribution < -0.4 is 10.2 Å². The summed E-state index contributed by atoms with van der Waals surface area (Å²) in [6.45, 7) is -0.0200. The summed E-state index contributed by atoms with van der Waals surface area (Å²) >= 11 is 2.99. The van der Waals surface area contributed by atoms with Crippen LogP contribution in [-0.4, -0.2) is 18.5 Å². The Balaban J connectivity index is 2.41. The van der Waals surface area contributed by atoms with E-state index in [0.29, 0.717) is 5.69 Å². The average molecular weight is 273 g/mol. The zero-order valence-electron chi connectivity index (χ0n) is 7.46. The minimum Gasteiger partial charge on any atom is -0.328 e. The standard InChI is InChI=1S/C9H6BrFN2O2/c10-6-3-5(1-2-7(6)11)13-8(14)4-12-9(13)15/h1-3H,4H2,(H,12,15). The summed E-state index contributed by atoms with van der Waals surface area (Å²) in [5.74, 6) is -0.788. The van der Waals surface area contributed by atoms with Crippen LogP contribution in [0.2, 0.25) is 0 Å². The first-order chi connectivity index (χ1) is 7.09. The highest BCUT2D eigenvalue weighted by atomic mass is 79.9. The van der Waals surface area contributed by atoms with Gasteiger partial charge in [0.25, 0.3) is 5.91 Å². The van der Waals surface area contributed by atoms with Crippen LogP contribution >= 0.6 is 15.9 Å². The van der Waals surface area contributed by atoms with Gasteiger partial charge in [-0.1, -0.05) is 0 Å². The van der Waals surface area contributed by atoms with Gasteiger partial charge in [-0.3, -0.25) is 4.79 Å². The lowest BCUT2D eigenvalue weighted by molar-refractivity contribution is -0.115. The van der Waals surface area contributed by atoms with Crippen molar-refractivity contribution in [1.29, 1.82) is 0 Å². The maximum absolute atomic E-state index is 12.9. The van der Waals surface area contributed by atoms with Gasteiger partial charge in [0.15, 0.2) is 0 Å². The van der Waals surface area contributed by atoms with E-state index >= 15 is 0 Å². The predicted molar refractivity (Wildman–Crippen MR) is 55.0 cm³/mol. The van der Waals surface area contributed by atoms with Gasteiger partial charge in [0, 0.05) is 0 Å². The van der Waals surface area contributed by atoms with Crippen molar-refractivity contribution in [2.75, 3.05) is 11.4 Å². The van der Waals surface area contributed by atoms with Crippen molar-refractivity contribution in [3.8, 4) is 0 Å². The fraction of sp³-hybridized carbons (Fsp3) is 0.111. The lowest BCUT2D eigenvalue weighted by atomic mass is 10.3. The molecule has 0 atom stereocenters. The second kappa shape index (κ2) is 3.62. The first kappa shape index (κ1) is 10.1. The number of halogens is 2. The van der Waals surface area contributed by atoms with E-state index < -0.39 is 11.8 Å². The van der Waals surface area contributed by atoms with Gasteiger partial charge < -0.3 is 5.32 Å². The molecule has 2 rings (SSSR count). The lowest BCUT2D eigenvalue weighted by Gasteiger charge is -2.12. The van der Waals surface area contributed by atoms with Crippen molar-refractivity contribution in [2.24, 2.45) is 0 Å². The molecule has 78 valence electrons. The van der Waals surface area contributed by atoms with Crippen molar-refractivity contribution in [3.05, 3.63) is 28.5 Å². The van der Waals surface area contributed by atoms with Gasteiger partial charge in [-0.2, -0.15) is 0 Å². The molecule has 1 aliphatic rings. The molecule has 1 N–H and O–H groups in total. The first-order valence-corrected chi connectivity index (χ1v) is 4.95. The highest BCUT2D eigenvalue weighted by Crippen LogP contribution is 2.24. The molecular weight excluding hydrogens is 267 g/mol. The van der Waals surface area contributed by atoms with Gasteiger partial charge in [0.05, 0.1) is 16.7 Å². The molecule has 0 saturated carbocycles. The van der Waals surface area contributed by atoms with E-state index in [-0.39, 0.29) is 16.9 Å². The van der Waals surface area contributed by atoms with Gasteiger partial charge in [0.1, 0.15) is 5.82 Å². The third-order valence-corrected chi connectivity index (χ3v) is 2.61. The molecule has 1 aliphatic heterocycles. The van der Waals surface area contributed by atoms with Gasteiger partial charge in [0.2, 0.25) is 0 Å². The van der Waals surface area contributed by atoms with E-state index in [1.165, 1.54) is 18.2 Å². The molecule has 1 saturated heterocycles. The summed E-state index contributed by atoms with van der Waals surface area (Å²) in [6.07, 6.45) is 0. The fourth-order valence-electron chi connectivity index (χ4n) is 1.31. The van der Waals surface area contributed by atoms with Crippen molar-refractivity contribution in [2.45, 2.75) is 0 Å². The van der Waals surface area contributed by atoms with E-state index in [2.05, 4.69) is 21.2 Å². The number of hydrogen-bond donors (Lipinski definition) is 1. The minimum absolute atomic E-state index is 0.0200. The Morgan fingerprint density at radius 1 is 1.40 bits per heavy atom. The second-order valence-corrected chi connectivity index (χ2v) is 3.84. The Hall–Kier alpha value is -1.43. The Morgan fingerprint density at radius 2 is 2.13 bits per heavy atom. The number of amides is 3. The topological polar surface area (TPSA) is 49.4 Å². The zero-order chi connectivity index (χ0) is 11.0. The lowest BCUT2D eigenvalue weighted by Crippen LogP contribution is -2.30. The maximum atomic E-state index is 12.9. The molecule has 3 amide bonds. The maximum Gasteiger partial charge on any atom is 0.329 e. The number of carbonyl (C=O) groups is 2. The molecular formula is C9H6BrFN2O2. The number of rotatable bonds is 1. The molecule has 0 aliphatic carbocycles. The number of benzene rings is 1. The van der Waals surface area contributed by atoms with Crippen LogP contribution in [0.5, 0.6) is 0 Å². The summed E-state index contributed by atoms with van der Waals surface area (Å²) in [5.41, 5.74) is 0.350. The molecule has 15 heavy (non-hydrogen) atoms. The number of hydrogen-bond acceptors (Lipinski definition) is 2. The molecule has 1 aromatic rings. The fourth-order valence-corrected chi connectivity index (χ4v) is 1.67. The van der Waals surface area contributed by atoms with Crippen LogP contribution in [0.1, 0.15) is 0 Å². The van der Waals surface area contributed by atoms with E-state index in [1.54, 1.807) is 0 Å². The summed E-state index contributed by atoms with van der Waals surface area (Å²) < 4.78 is 13.1.